The van der Waals surface area contributed by atoms with Crippen molar-refractivity contribution in [1.29, 1.82) is 0 Å². The zero-order valence-electron chi connectivity index (χ0n) is 5.58. The first-order chi connectivity index (χ1) is 5.12. The largest absolute Gasteiger partial charge is 0.392 e. The second-order valence-electron chi connectivity index (χ2n) is 1.55. The van der Waals surface area contributed by atoms with Gasteiger partial charge in [0, 0.05) is 0 Å². The average Bonchev–Trinajstić information content (AvgIpc) is 1.86. The Morgan fingerprint density at radius 2 is 0.750 bits per heavy atom. The van der Waals surface area contributed by atoms with Crippen LogP contribution in [0.25, 0.3) is 0 Å². The molecule has 0 saturated carbocycles. The molecule has 0 bridgehead atoms. The van der Waals surface area contributed by atoms with Crippen molar-refractivity contribution >= 4 is 69.6 Å². The Balaban J connectivity index is 0. The zero-order valence-corrected chi connectivity index (χ0v) is 10.1. The molecule has 0 rings (SSSR count). The van der Waals surface area contributed by atoms with Gasteiger partial charge in [0.15, 0.2) is 0 Å². The molecule has 0 aliphatic heterocycles. The van der Waals surface area contributed by atoms with Crippen molar-refractivity contribution < 1.29 is 10.2 Å². The maximum atomic E-state index is 8.01. The lowest BCUT2D eigenvalue weighted by molar-refractivity contribution is 0.303. The Kier molecular flexibility index (Phi) is 9.42. The maximum absolute atomic E-state index is 8.01. The van der Waals surface area contributed by atoms with Crippen LogP contribution in [0, 0.1) is 0 Å². The van der Waals surface area contributed by atoms with E-state index in [0.717, 1.165) is 0 Å². The molecular formula is C4H6Cl6O2. The topological polar surface area (TPSA) is 40.5 Å². The molecule has 0 spiro atoms. The van der Waals surface area contributed by atoms with E-state index in [0.29, 0.717) is 0 Å². The van der Waals surface area contributed by atoms with Crippen LogP contribution in [-0.4, -0.2) is 31.0 Å². The lowest BCUT2D eigenvalue weighted by atomic mass is 10.9. The van der Waals surface area contributed by atoms with Crippen LogP contribution in [0.4, 0.5) is 0 Å². The number of rotatable bonds is 0. The summed E-state index contributed by atoms with van der Waals surface area (Å²) in [6.07, 6.45) is 0. The summed E-state index contributed by atoms with van der Waals surface area (Å²) in [5.74, 6) is 0. The lowest BCUT2D eigenvalue weighted by Crippen LogP contribution is -2.06. The lowest BCUT2D eigenvalue weighted by Gasteiger charge is -2.01. The first-order valence-corrected chi connectivity index (χ1v) is 4.74. The van der Waals surface area contributed by atoms with Gasteiger partial charge < -0.3 is 10.2 Å². The van der Waals surface area contributed by atoms with E-state index in [1.54, 1.807) is 0 Å². The summed E-state index contributed by atoms with van der Waals surface area (Å²) >= 11 is 30.0. The van der Waals surface area contributed by atoms with E-state index >= 15 is 0 Å². The highest BCUT2D eigenvalue weighted by molar-refractivity contribution is 6.68. The molecule has 0 atom stereocenters. The van der Waals surface area contributed by atoms with Gasteiger partial charge >= 0.3 is 0 Å². The molecule has 0 unspecified atom stereocenters. The molecule has 76 valence electrons. The molecule has 0 amide bonds. The van der Waals surface area contributed by atoms with E-state index in [4.69, 9.17) is 79.8 Å². The number of hydrogen-bond donors (Lipinski definition) is 2. The fourth-order valence-corrected chi connectivity index (χ4v) is 0. The van der Waals surface area contributed by atoms with Gasteiger partial charge in [0.1, 0.15) is 0 Å². The highest BCUT2D eigenvalue weighted by Gasteiger charge is 2.16. The average molecular weight is 299 g/mol. The van der Waals surface area contributed by atoms with Gasteiger partial charge in [0.25, 0.3) is 0 Å². The Bertz CT molecular complexity index is 91.1. The van der Waals surface area contributed by atoms with Crippen LogP contribution in [0.15, 0.2) is 0 Å². The minimum absolute atomic E-state index is 0.433. The number of aliphatic hydroxyl groups excluding tert-OH is 2. The van der Waals surface area contributed by atoms with Crippen LogP contribution in [0.5, 0.6) is 0 Å². The third-order valence-electron chi connectivity index (χ3n) is 0.359. The van der Waals surface area contributed by atoms with Crippen LogP contribution >= 0.6 is 69.6 Å². The summed E-state index contributed by atoms with van der Waals surface area (Å²) < 4.78 is -2.97. The van der Waals surface area contributed by atoms with Crippen molar-refractivity contribution in [3.63, 3.8) is 0 Å². The Morgan fingerprint density at radius 3 is 0.750 bits per heavy atom. The molecule has 0 radical (unpaired) electrons. The van der Waals surface area contributed by atoms with E-state index < -0.39 is 20.8 Å². The van der Waals surface area contributed by atoms with Crippen LogP contribution < -0.4 is 0 Å². The number of halogens is 6. The fourth-order valence-electron chi connectivity index (χ4n) is 0. The number of hydrogen-bond acceptors (Lipinski definition) is 2. The second kappa shape index (κ2) is 7.02. The number of aliphatic hydroxyl groups is 2. The van der Waals surface area contributed by atoms with Gasteiger partial charge in [0.05, 0.1) is 13.2 Å². The van der Waals surface area contributed by atoms with Gasteiger partial charge in [-0.3, -0.25) is 0 Å². The van der Waals surface area contributed by atoms with Crippen molar-refractivity contribution in [2.45, 2.75) is 7.59 Å². The monoisotopic (exact) mass is 296 g/mol. The summed E-state index contributed by atoms with van der Waals surface area (Å²) in [6, 6.07) is 0. The van der Waals surface area contributed by atoms with E-state index in [1.807, 2.05) is 0 Å². The maximum Gasteiger partial charge on any atom is 0.213 e. The Morgan fingerprint density at radius 1 is 0.667 bits per heavy atom. The van der Waals surface area contributed by atoms with Crippen LogP contribution in [0.3, 0.4) is 0 Å². The van der Waals surface area contributed by atoms with Crippen LogP contribution in [-0.2, 0) is 0 Å². The van der Waals surface area contributed by atoms with Crippen molar-refractivity contribution in [3.05, 3.63) is 0 Å². The number of alkyl halides is 6. The van der Waals surface area contributed by atoms with Gasteiger partial charge in [-0.25, -0.2) is 0 Å². The smallest absolute Gasteiger partial charge is 0.213 e. The Labute approximate surface area is 100 Å². The first-order valence-electron chi connectivity index (χ1n) is 2.47. The summed E-state index contributed by atoms with van der Waals surface area (Å²) in [6.45, 7) is -0.866. The summed E-state index contributed by atoms with van der Waals surface area (Å²) in [7, 11) is 0. The Hall–Kier alpha value is 1.66. The van der Waals surface area contributed by atoms with Gasteiger partial charge in [-0.05, 0) is 0 Å². The molecular weight excluding hydrogens is 293 g/mol. The highest BCUT2D eigenvalue weighted by Crippen LogP contribution is 2.24. The van der Waals surface area contributed by atoms with Gasteiger partial charge in [0.2, 0.25) is 7.59 Å². The molecule has 0 aliphatic carbocycles. The molecule has 0 aliphatic rings. The van der Waals surface area contributed by atoms with Gasteiger partial charge in [-0.1, -0.05) is 69.6 Å². The normalized spacial score (nSPS) is 12.0. The summed E-state index contributed by atoms with van der Waals surface area (Å²) in [5.41, 5.74) is 0. The quantitative estimate of drug-likeness (QED) is 0.675. The molecule has 0 saturated heterocycles. The standard InChI is InChI=1S/2C2H3Cl3O/c2*3-2(4,5)1-6/h2*6H,1H2. The summed E-state index contributed by atoms with van der Waals surface area (Å²) in [4.78, 5) is 0. The molecule has 0 heterocycles. The molecule has 0 aromatic rings. The van der Waals surface area contributed by atoms with Crippen molar-refractivity contribution in [3.8, 4) is 0 Å². The third kappa shape index (κ3) is 22.6. The fraction of sp³-hybridized carbons (Fsp3) is 1.00. The minimum Gasteiger partial charge on any atom is -0.392 e. The molecule has 12 heavy (non-hydrogen) atoms. The van der Waals surface area contributed by atoms with Crippen molar-refractivity contribution in [2.75, 3.05) is 13.2 Å². The van der Waals surface area contributed by atoms with Crippen LogP contribution in [0.2, 0.25) is 0 Å². The second-order valence-corrected chi connectivity index (χ2v) is 6.58. The van der Waals surface area contributed by atoms with E-state index in [-0.39, 0.29) is 0 Å². The molecule has 0 fully saturated rings. The van der Waals surface area contributed by atoms with Gasteiger partial charge in [-0.2, -0.15) is 0 Å². The summed E-state index contributed by atoms with van der Waals surface area (Å²) in [5, 5.41) is 16.0. The molecule has 2 N–H and O–H groups in total. The van der Waals surface area contributed by atoms with Gasteiger partial charge in [-0.15, -0.1) is 0 Å². The SMILES string of the molecule is OCC(Cl)(Cl)Cl.OCC(Cl)(Cl)Cl. The molecule has 2 nitrogen and oxygen atoms in total. The molecule has 8 heteroatoms. The van der Waals surface area contributed by atoms with E-state index in [1.165, 1.54) is 0 Å². The van der Waals surface area contributed by atoms with Crippen molar-refractivity contribution in [2.24, 2.45) is 0 Å². The first kappa shape index (κ1) is 16.1. The third-order valence-corrected chi connectivity index (χ3v) is 1.08. The van der Waals surface area contributed by atoms with Crippen molar-refractivity contribution in [1.82, 2.24) is 0 Å². The predicted molar refractivity (Wildman–Crippen MR) is 54.8 cm³/mol. The predicted octanol–water partition coefficient (Wildman–Crippen LogP) is 2.70. The van der Waals surface area contributed by atoms with Crippen LogP contribution in [0.1, 0.15) is 0 Å². The highest BCUT2D eigenvalue weighted by atomic mass is 35.6. The van der Waals surface area contributed by atoms with E-state index in [2.05, 4.69) is 0 Å². The molecule has 0 aromatic carbocycles. The molecule has 0 aromatic heterocycles. The van der Waals surface area contributed by atoms with E-state index in [9.17, 15) is 0 Å². The zero-order chi connectivity index (χ0) is 10.4. The minimum atomic E-state index is -1.49.